The normalized spacial score (nSPS) is 14.2. The molecule has 0 aromatic heterocycles. The number of anilines is 1. The maximum absolute atomic E-state index is 12.8. The van der Waals surface area contributed by atoms with E-state index in [0.29, 0.717) is 5.75 Å². The van der Waals surface area contributed by atoms with Crippen molar-refractivity contribution < 1.29 is 27.5 Å². The Morgan fingerprint density at radius 2 is 1.66 bits per heavy atom. The molecule has 4 rings (SSSR count). The van der Waals surface area contributed by atoms with Gasteiger partial charge in [0, 0.05) is 19.4 Å². The van der Waals surface area contributed by atoms with Crippen LogP contribution in [0.1, 0.15) is 12.8 Å². The van der Waals surface area contributed by atoms with Crippen LogP contribution in [0.15, 0.2) is 65.6 Å². The average molecular weight is 455 g/mol. The Balaban J connectivity index is 1.44. The van der Waals surface area contributed by atoms with Crippen LogP contribution in [0, 0.1) is 0 Å². The summed E-state index contributed by atoms with van der Waals surface area (Å²) in [6.45, 7) is 0.168. The summed E-state index contributed by atoms with van der Waals surface area (Å²) in [6.07, 6.45) is 0.173. The lowest BCUT2D eigenvalue weighted by Gasteiger charge is -2.18. The van der Waals surface area contributed by atoms with Crippen LogP contribution in [-0.2, 0) is 19.6 Å². The van der Waals surface area contributed by atoms with Crippen LogP contribution in [0.3, 0.4) is 0 Å². The van der Waals surface area contributed by atoms with E-state index < -0.39 is 10.0 Å². The first-order valence-corrected chi connectivity index (χ1v) is 11.5. The number of carbonyl (C=O) groups is 2. The van der Waals surface area contributed by atoms with E-state index in [-0.39, 0.29) is 54.1 Å². The lowest BCUT2D eigenvalue weighted by Crippen LogP contribution is -2.30. The van der Waals surface area contributed by atoms with Gasteiger partial charge in [-0.3, -0.25) is 9.59 Å². The van der Waals surface area contributed by atoms with E-state index in [4.69, 9.17) is 9.47 Å². The van der Waals surface area contributed by atoms with Gasteiger partial charge < -0.3 is 9.47 Å². The van der Waals surface area contributed by atoms with E-state index in [1.807, 2.05) is 42.5 Å². The monoisotopic (exact) mass is 454 g/mol. The Morgan fingerprint density at radius 1 is 0.938 bits per heavy atom. The van der Waals surface area contributed by atoms with Gasteiger partial charge in [-0.25, -0.2) is 18.0 Å². The molecule has 1 aliphatic rings. The Morgan fingerprint density at radius 3 is 2.38 bits per heavy atom. The van der Waals surface area contributed by atoms with E-state index in [2.05, 4.69) is 4.72 Å². The molecule has 166 valence electrons. The first kappa shape index (κ1) is 21.8. The molecule has 0 radical (unpaired) electrons. The van der Waals surface area contributed by atoms with Gasteiger partial charge >= 0.3 is 0 Å². The van der Waals surface area contributed by atoms with Gasteiger partial charge in [0.2, 0.25) is 21.8 Å². The highest BCUT2D eigenvalue weighted by Crippen LogP contribution is 2.34. The van der Waals surface area contributed by atoms with E-state index in [1.165, 1.54) is 25.3 Å². The Labute approximate surface area is 185 Å². The molecule has 1 N–H and O–H groups in total. The number of ether oxygens (including phenoxy) is 2. The highest BCUT2D eigenvalue weighted by atomic mass is 32.2. The van der Waals surface area contributed by atoms with Gasteiger partial charge in [-0.2, -0.15) is 0 Å². The topological polar surface area (TPSA) is 102 Å². The van der Waals surface area contributed by atoms with Crippen LogP contribution in [0.25, 0.3) is 10.8 Å². The maximum Gasteiger partial charge on any atom is 0.240 e. The van der Waals surface area contributed by atoms with Crippen molar-refractivity contribution in [3.63, 3.8) is 0 Å². The molecule has 3 aromatic rings. The molecule has 1 saturated heterocycles. The second-order valence-corrected chi connectivity index (χ2v) is 8.98. The van der Waals surface area contributed by atoms with Crippen molar-refractivity contribution in [3.8, 4) is 11.5 Å². The van der Waals surface area contributed by atoms with E-state index in [0.717, 1.165) is 15.7 Å². The number of hydrogen-bond donors (Lipinski definition) is 1. The summed E-state index contributed by atoms with van der Waals surface area (Å²) in [4.78, 5) is 25.1. The van der Waals surface area contributed by atoms with Crippen molar-refractivity contribution in [2.75, 3.05) is 25.2 Å². The fourth-order valence-corrected chi connectivity index (χ4v) is 4.58. The van der Waals surface area contributed by atoms with E-state index in [1.54, 1.807) is 0 Å². The SMILES string of the molecule is COc1ccc(S(=O)(=O)NCCOc2ccc3ccccc3c2)cc1N1C(=O)CCC1=O. The minimum Gasteiger partial charge on any atom is -0.495 e. The first-order chi connectivity index (χ1) is 15.4. The van der Waals surface area contributed by atoms with Crippen molar-refractivity contribution in [2.45, 2.75) is 17.7 Å². The number of sulfonamides is 1. The number of benzene rings is 3. The second-order valence-electron chi connectivity index (χ2n) is 7.21. The van der Waals surface area contributed by atoms with Crippen LogP contribution < -0.4 is 19.1 Å². The largest absolute Gasteiger partial charge is 0.495 e. The minimum absolute atomic E-state index is 0.0398. The number of hydrogen-bond acceptors (Lipinski definition) is 6. The van der Waals surface area contributed by atoms with Gasteiger partial charge in [-0.05, 0) is 41.1 Å². The Hall–Kier alpha value is -3.43. The highest BCUT2D eigenvalue weighted by Gasteiger charge is 2.33. The number of carbonyl (C=O) groups excluding carboxylic acids is 2. The zero-order chi connectivity index (χ0) is 22.7. The van der Waals surface area contributed by atoms with Crippen molar-refractivity contribution in [1.29, 1.82) is 0 Å². The van der Waals surface area contributed by atoms with Crippen LogP contribution in [-0.4, -0.2) is 40.5 Å². The van der Waals surface area contributed by atoms with Gasteiger partial charge in [0.1, 0.15) is 18.1 Å². The number of nitrogens with one attached hydrogen (secondary N) is 1. The fraction of sp³-hybridized carbons (Fsp3) is 0.217. The predicted octanol–water partition coefficient (Wildman–Crippen LogP) is 2.86. The van der Waals surface area contributed by atoms with Gasteiger partial charge in [0.05, 0.1) is 17.7 Å². The molecule has 0 atom stereocenters. The molecular weight excluding hydrogens is 432 g/mol. The minimum atomic E-state index is -3.90. The van der Waals surface area contributed by atoms with Crippen molar-refractivity contribution in [3.05, 3.63) is 60.7 Å². The van der Waals surface area contributed by atoms with E-state index in [9.17, 15) is 18.0 Å². The molecule has 1 aliphatic heterocycles. The fourth-order valence-electron chi connectivity index (χ4n) is 3.54. The summed E-state index contributed by atoms with van der Waals surface area (Å²) in [7, 11) is -2.51. The third kappa shape index (κ3) is 4.44. The van der Waals surface area contributed by atoms with Crippen molar-refractivity contribution in [1.82, 2.24) is 4.72 Å². The number of imide groups is 1. The molecule has 9 heteroatoms. The maximum atomic E-state index is 12.8. The Bertz CT molecular complexity index is 1270. The zero-order valence-electron chi connectivity index (χ0n) is 17.4. The molecule has 1 heterocycles. The molecule has 3 aromatic carbocycles. The van der Waals surface area contributed by atoms with E-state index >= 15 is 0 Å². The number of nitrogens with zero attached hydrogens (tertiary/aromatic N) is 1. The lowest BCUT2D eigenvalue weighted by molar-refractivity contribution is -0.121. The highest BCUT2D eigenvalue weighted by molar-refractivity contribution is 7.89. The molecule has 0 bridgehead atoms. The molecule has 0 saturated carbocycles. The van der Waals surface area contributed by atoms with Crippen molar-refractivity contribution in [2.24, 2.45) is 0 Å². The summed E-state index contributed by atoms with van der Waals surface area (Å²) in [5.41, 5.74) is 0.121. The standard InChI is InChI=1S/C23H22N2O6S/c1-30-21-9-8-19(15-20(21)25-22(26)10-11-23(25)27)32(28,29)24-12-13-31-18-7-6-16-4-2-3-5-17(16)14-18/h2-9,14-15,24H,10-13H2,1H3. The van der Waals surface area contributed by atoms with Gasteiger partial charge in [-0.15, -0.1) is 0 Å². The number of rotatable bonds is 8. The lowest BCUT2D eigenvalue weighted by atomic mass is 10.1. The quantitative estimate of drug-likeness (QED) is 0.415. The van der Waals surface area contributed by atoms with Crippen LogP contribution in [0.5, 0.6) is 11.5 Å². The average Bonchev–Trinajstić information content (AvgIpc) is 3.13. The van der Waals surface area contributed by atoms with Gasteiger partial charge in [0.25, 0.3) is 0 Å². The smallest absolute Gasteiger partial charge is 0.240 e. The first-order valence-electron chi connectivity index (χ1n) is 10.0. The number of methoxy groups -OCH3 is 1. The predicted molar refractivity (Wildman–Crippen MR) is 119 cm³/mol. The number of fused-ring (bicyclic) bond motifs is 1. The molecule has 0 spiro atoms. The summed E-state index contributed by atoms with van der Waals surface area (Å²) < 4.78 is 38.9. The summed E-state index contributed by atoms with van der Waals surface area (Å²) >= 11 is 0. The van der Waals surface area contributed by atoms with Crippen LogP contribution in [0.2, 0.25) is 0 Å². The molecular formula is C23H22N2O6S. The summed E-state index contributed by atoms with van der Waals surface area (Å²) in [6, 6.07) is 17.6. The molecule has 8 nitrogen and oxygen atoms in total. The number of amides is 2. The Kier molecular flexibility index (Phi) is 6.11. The molecule has 32 heavy (non-hydrogen) atoms. The molecule has 1 fully saturated rings. The summed E-state index contributed by atoms with van der Waals surface area (Å²) in [5.74, 6) is 0.104. The summed E-state index contributed by atoms with van der Waals surface area (Å²) in [5, 5.41) is 2.12. The van der Waals surface area contributed by atoms with Gasteiger partial charge in [-0.1, -0.05) is 30.3 Å². The second kappa shape index (κ2) is 8.97. The third-order valence-electron chi connectivity index (χ3n) is 5.14. The van der Waals surface area contributed by atoms with Crippen molar-refractivity contribution >= 4 is 38.3 Å². The molecule has 2 amide bonds. The van der Waals surface area contributed by atoms with Crippen LogP contribution >= 0.6 is 0 Å². The zero-order valence-corrected chi connectivity index (χ0v) is 18.2. The van der Waals surface area contributed by atoms with Crippen LogP contribution in [0.4, 0.5) is 5.69 Å². The molecule has 0 unspecified atom stereocenters. The molecule has 0 aliphatic carbocycles. The third-order valence-corrected chi connectivity index (χ3v) is 6.60. The van der Waals surface area contributed by atoms with Gasteiger partial charge in [0.15, 0.2) is 0 Å².